The lowest BCUT2D eigenvalue weighted by atomic mass is 10.0. The number of rotatable bonds is 7. The van der Waals surface area contributed by atoms with Gasteiger partial charge in [-0.05, 0) is 30.9 Å². The Hall–Kier alpha value is -1.78. The van der Waals surface area contributed by atoms with Crippen LogP contribution in [0.25, 0.3) is 0 Å². The molecule has 19 heavy (non-hydrogen) atoms. The molecule has 0 aliphatic rings. The molecule has 0 fully saturated rings. The van der Waals surface area contributed by atoms with E-state index in [-0.39, 0.29) is 11.8 Å². The quantitative estimate of drug-likeness (QED) is 0.794. The summed E-state index contributed by atoms with van der Waals surface area (Å²) < 4.78 is 1.84. The van der Waals surface area contributed by atoms with Gasteiger partial charge in [0, 0.05) is 12.7 Å². The smallest absolute Gasteiger partial charge is 0.326 e. The monoisotopic (exact) mass is 266 g/mol. The van der Waals surface area contributed by atoms with Crippen LogP contribution >= 0.6 is 0 Å². The van der Waals surface area contributed by atoms with Crippen molar-refractivity contribution in [3.8, 4) is 0 Å². The highest BCUT2D eigenvalue weighted by molar-refractivity contribution is 5.95. The Kier molecular flexibility index (Phi) is 5.60. The zero-order valence-corrected chi connectivity index (χ0v) is 11.7. The SMILES string of the molecule is CCCn1cccc1C(=O)NC(CC(C)C)C(=O)O. The highest BCUT2D eigenvalue weighted by Crippen LogP contribution is 2.08. The molecule has 106 valence electrons. The highest BCUT2D eigenvalue weighted by atomic mass is 16.4. The van der Waals surface area contributed by atoms with E-state index in [1.165, 1.54) is 0 Å². The van der Waals surface area contributed by atoms with E-state index in [0.29, 0.717) is 12.1 Å². The van der Waals surface area contributed by atoms with Crippen LogP contribution in [0.1, 0.15) is 44.1 Å². The minimum absolute atomic E-state index is 0.212. The molecule has 0 saturated carbocycles. The third kappa shape index (κ3) is 4.43. The molecule has 0 aliphatic heterocycles. The van der Waals surface area contributed by atoms with Gasteiger partial charge in [-0.25, -0.2) is 4.79 Å². The second kappa shape index (κ2) is 6.97. The first-order valence-electron chi connectivity index (χ1n) is 6.64. The zero-order chi connectivity index (χ0) is 14.4. The number of carbonyl (C=O) groups excluding carboxylic acids is 1. The molecule has 0 radical (unpaired) electrons. The van der Waals surface area contributed by atoms with Crippen LogP contribution in [0.5, 0.6) is 0 Å². The van der Waals surface area contributed by atoms with Gasteiger partial charge < -0.3 is 15.0 Å². The molecule has 1 atom stereocenters. The lowest BCUT2D eigenvalue weighted by Crippen LogP contribution is -2.42. The minimum Gasteiger partial charge on any atom is -0.480 e. The van der Waals surface area contributed by atoms with E-state index in [0.717, 1.165) is 13.0 Å². The van der Waals surface area contributed by atoms with Crippen LogP contribution in [-0.4, -0.2) is 27.6 Å². The Morgan fingerprint density at radius 2 is 2.11 bits per heavy atom. The van der Waals surface area contributed by atoms with Gasteiger partial charge in [-0.15, -0.1) is 0 Å². The number of aromatic nitrogens is 1. The van der Waals surface area contributed by atoms with Crippen molar-refractivity contribution in [1.29, 1.82) is 0 Å². The Labute approximate surface area is 113 Å². The zero-order valence-electron chi connectivity index (χ0n) is 11.7. The summed E-state index contributed by atoms with van der Waals surface area (Å²) in [5, 5.41) is 11.7. The van der Waals surface area contributed by atoms with Crippen molar-refractivity contribution in [1.82, 2.24) is 9.88 Å². The molecule has 1 aromatic rings. The lowest BCUT2D eigenvalue weighted by Gasteiger charge is -2.17. The first kappa shape index (κ1) is 15.3. The molecular weight excluding hydrogens is 244 g/mol. The fraction of sp³-hybridized carbons (Fsp3) is 0.571. The van der Waals surface area contributed by atoms with Crippen molar-refractivity contribution in [3.63, 3.8) is 0 Å². The number of aliphatic carboxylic acids is 1. The van der Waals surface area contributed by atoms with Gasteiger partial charge >= 0.3 is 5.97 Å². The fourth-order valence-corrected chi connectivity index (χ4v) is 1.98. The van der Waals surface area contributed by atoms with E-state index in [1.54, 1.807) is 12.1 Å². The first-order valence-corrected chi connectivity index (χ1v) is 6.64. The summed E-state index contributed by atoms with van der Waals surface area (Å²) in [5.74, 6) is -1.11. The Morgan fingerprint density at radius 1 is 1.42 bits per heavy atom. The third-order valence-corrected chi connectivity index (χ3v) is 2.84. The molecule has 0 bridgehead atoms. The maximum atomic E-state index is 12.1. The van der Waals surface area contributed by atoms with Gasteiger partial charge in [0.25, 0.3) is 5.91 Å². The van der Waals surface area contributed by atoms with Crippen molar-refractivity contribution < 1.29 is 14.7 Å². The molecule has 0 spiro atoms. The second-order valence-electron chi connectivity index (χ2n) is 5.08. The number of aryl methyl sites for hydroxylation is 1. The fourth-order valence-electron chi connectivity index (χ4n) is 1.98. The number of carboxylic acid groups (broad SMARTS) is 1. The molecular formula is C14H22N2O3. The summed E-state index contributed by atoms with van der Waals surface area (Å²) in [6, 6.07) is 2.67. The molecule has 0 aliphatic carbocycles. The molecule has 5 heteroatoms. The molecule has 1 unspecified atom stereocenters. The minimum atomic E-state index is -0.990. The van der Waals surface area contributed by atoms with Crippen molar-refractivity contribution in [2.45, 2.75) is 46.2 Å². The molecule has 1 rings (SSSR count). The molecule has 1 amide bonds. The Balaban J connectivity index is 2.76. The number of carboxylic acids is 1. The van der Waals surface area contributed by atoms with E-state index < -0.39 is 12.0 Å². The van der Waals surface area contributed by atoms with E-state index in [9.17, 15) is 9.59 Å². The summed E-state index contributed by atoms with van der Waals surface area (Å²) in [5.41, 5.74) is 0.511. The number of hydrogen-bond acceptors (Lipinski definition) is 2. The average molecular weight is 266 g/mol. The van der Waals surface area contributed by atoms with Gasteiger partial charge in [-0.2, -0.15) is 0 Å². The van der Waals surface area contributed by atoms with Crippen molar-refractivity contribution in [2.24, 2.45) is 5.92 Å². The molecule has 1 heterocycles. The standard InChI is InChI=1S/C14H22N2O3/c1-4-7-16-8-5-6-12(16)13(17)15-11(14(18)19)9-10(2)3/h5-6,8,10-11H,4,7,9H2,1-3H3,(H,15,17)(H,18,19). The summed E-state index contributed by atoms with van der Waals surface area (Å²) in [4.78, 5) is 23.2. The number of carbonyl (C=O) groups is 2. The Bertz CT molecular complexity index is 438. The van der Waals surface area contributed by atoms with Crippen LogP contribution in [-0.2, 0) is 11.3 Å². The van der Waals surface area contributed by atoms with Gasteiger partial charge in [0.2, 0.25) is 0 Å². The van der Waals surface area contributed by atoms with E-state index in [1.807, 2.05) is 31.5 Å². The molecule has 5 nitrogen and oxygen atoms in total. The van der Waals surface area contributed by atoms with Crippen molar-refractivity contribution >= 4 is 11.9 Å². The van der Waals surface area contributed by atoms with Crippen LogP contribution in [0.4, 0.5) is 0 Å². The van der Waals surface area contributed by atoms with Gasteiger partial charge in [-0.1, -0.05) is 20.8 Å². The van der Waals surface area contributed by atoms with Gasteiger partial charge in [-0.3, -0.25) is 4.79 Å². The highest BCUT2D eigenvalue weighted by Gasteiger charge is 2.22. The molecule has 0 saturated heterocycles. The predicted octanol–water partition coefficient (Wildman–Crippen LogP) is 2.13. The lowest BCUT2D eigenvalue weighted by molar-refractivity contribution is -0.139. The molecule has 1 aromatic heterocycles. The summed E-state index contributed by atoms with van der Waals surface area (Å²) in [6.07, 6.45) is 3.18. The van der Waals surface area contributed by atoms with Crippen LogP contribution < -0.4 is 5.32 Å². The largest absolute Gasteiger partial charge is 0.480 e. The summed E-state index contributed by atoms with van der Waals surface area (Å²) in [7, 11) is 0. The summed E-state index contributed by atoms with van der Waals surface area (Å²) in [6.45, 7) is 6.64. The maximum absolute atomic E-state index is 12.1. The normalized spacial score (nSPS) is 12.4. The molecule has 2 N–H and O–H groups in total. The van der Waals surface area contributed by atoms with Crippen molar-refractivity contribution in [2.75, 3.05) is 0 Å². The van der Waals surface area contributed by atoms with E-state index in [2.05, 4.69) is 5.32 Å². The summed E-state index contributed by atoms with van der Waals surface area (Å²) >= 11 is 0. The van der Waals surface area contributed by atoms with Crippen LogP contribution in [0.15, 0.2) is 18.3 Å². The van der Waals surface area contributed by atoms with E-state index >= 15 is 0 Å². The molecule has 0 aromatic carbocycles. The van der Waals surface area contributed by atoms with Crippen LogP contribution in [0.3, 0.4) is 0 Å². The van der Waals surface area contributed by atoms with Gasteiger partial charge in [0.1, 0.15) is 11.7 Å². The van der Waals surface area contributed by atoms with Crippen LogP contribution in [0, 0.1) is 5.92 Å². The Morgan fingerprint density at radius 3 is 2.63 bits per heavy atom. The van der Waals surface area contributed by atoms with Crippen LogP contribution in [0.2, 0.25) is 0 Å². The van der Waals surface area contributed by atoms with Crippen molar-refractivity contribution in [3.05, 3.63) is 24.0 Å². The second-order valence-corrected chi connectivity index (χ2v) is 5.08. The topological polar surface area (TPSA) is 71.3 Å². The van der Waals surface area contributed by atoms with Gasteiger partial charge in [0.05, 0.1) is 0 Å². The third-order valence-electron chi connectivity index (χ3n) is 2.84. The number of nitrogens with one attached hydrogen (secondary N) is 1. The average Bonchev–Trinajstić information content (AvgIpc) is 2.76. The number of hydrogen-bond donors (Lipinski definition) is 2. The predicted molar refractivity (Wildman–Crippen MR) is 73.1 cm³/mol. The maximum Gasteiger partial charge on any atom is 0.326 e. The first-order chi connectivity index (χ1) is 8.95. The van der Waals surface area contributed by atoms with Gasteiger partial charge in [0.15, 0.2) is 0 Å². The number of nitrogens with zero attached hydrogens (tertiary/aromatic N) is 1. The number of amides is 1. The van der Waals surface area contributed by atoms with E-state index in [4.69, 9.17) is 5.11 Å².